The van der Waals surface area contributed by atoms with Gasteiger partial charge < -0.3 is 10.3 Å². The summed E-state index contributed by atoms with van der Waals surface area (Å²) in [5.41, 5.74) is 4.21. The molecule has 1 aromatic heterocycles. The van der Waals surface area contributed by atoms with Crippen LogP contribution in [0.4, 0.5) is 11.6 Å². The molecule has 5 heteroatoms. The fraction of sp³-hybridized carbons (Fsp3) is 0.0476. The molecule has 0 aliphatic carbocycles. The van der Waals surface area contributed by atoms with Gasteiger partial charge in [0.1, 0.15) is 6.17 Å². The third-order valence-corrected chi connectivity index (χ3v) is 4.65. The van der Waals surface area contributed by atoms with Crippen LogP contribution >= 0.6 is 0 Å². The standard InChI is InChI=1S/C21H16N4O/c26-20-15-10-4-5-11-16(15)22-19(14-8-2-1-3-9-14)25(20)21-23-17-12-6-7-13-18(17)24-21/h1-13,19,22H,(H,23,24). The number of amides is 1. The second-order valence-corrected chi connectivity index (χ2v) is 6.26. The zero-order valence-corrected chi connectivity index (χ0v) is 13.9. The van der Waals surface area contributed by atoms with Gasteiger partial charge in [-0.1, -0.05) is 54.6 Å². The molecule has 126 valence electrons. The molecule has 1 unspecified atom stereocenters. The number of nitrogens with zero attached hydrogens (tertiary/aromatic N) is 2. The van der Waals surface area contributed by atoms with Crippen LogP contribution in [0.15, 0.2) is 78.9 Å². The van der Waals surface area contributed by atoms with Crippen LogP contribution in [0, 0.1) is 0 Å². The summed E-state index contributed by atoms with van der Waals surface area (Å²) in [6, 6.07) is 25.3. The van der Waals surface area contributed by atoms with E-state index in [0.29, 0.717) is 11.5 Å². The predicted molar refractivity (Wildman–Crippen MR) is 102 cm³/mol. The Morgan fingerprint density at radius 2 is 1.58 bits per heavy atom. The lowest BCUT2D eigenvalue weighted by Gasteiger charge is -2.36. The maximum absolute atomic E-state index is 13.3. The van der Waals surface area contributed by atoms with Crippen molar-refractivity contribution in [3.05, 3.63) is 90.0 Å². The van der Waals surface area contributed by atoms with Crippen molar-refractivity contribution in [3.8, 4) is 0 Å². The van der Waals surface area contributed by atoms with Crippen molar-refractivity contribution < 1.29 is 4.79 Å². The highest BCUT2D eigenvalue weighted by atomic mass is 16.2. The molecule has 5 rings (SSSR count). The summed E-state index contributed by atoms with van der Waals surface area (Å²) in [7, 11) is 0. The third kappa shape index (κ3) is 2.25. The van der Waals surface area contributed by atoms with E-state index in [2.05, 4.69) is 15.3 Å². The lowest BCUT2D eigenvalue weighted by Crippen LogP contribution is -2.43. The van der Waals surface area contributed by atoms with Gasteiger partial charge in [-0.05, 0) is 29.8 Å². The Labute approximate surface area is 150 Å². The summed E-state index contributed by atoms with van der Waals surface area (Å²) in [4.78, 5) is 22.9. The van der Waals surface area contributed by atoms with Crippen LogP contribution in [0.5, 0.6) is 0 Å². The van der Waals surface area contributed by atoms with Crippen molar-refractivity contribution in [1.82, 2.24) is 9.97 Å². The molecule has 2 N–H and O–H groups in total. The molecule has 5 nitrogen and oxygen atoms in total. The van der Waals surface area contributed by atoms with Gasteiger partial charge in [-0.25, -0.2) is 4.98 Å². The third-order valence-electron chi connectivity index (χ3n) is 4.65. The first-order chi connectivity index (χ1) is 12.8. The van der Waals surface area contributed by atoms with Crippen molar-refractivity contribution in [2.24, 2.45) is 0 Å². The summed E-state index contributed by atoms with van der Waals surface area (Å²) in [5, 5.41) is 3.48. The quantitative estimate of drug-likeness (QED) is 0.571. The number of anilines is 2. The van der Waals surface area contributed by atoms with E-state index in [4.69, 9.17) is 0 Å². The number of hydrogen-bond donors (Lipinski definition) is 2. The maximum atomic E-state index is 13.3. The SMILES string of the molecule is O=C1c2ccccc2NC(c2ccccc2)N1c1nc2ccccc2[nH]1. The molecule has 0 fully saturated rings. The molecule has 0 spiro atoms. The van der Waals surface area contributed by atoms with Crippen molar-refractivity contribution in [2.45, 2.75) is 6.17 Å². The van der Waals surface area contributed by atoms with Crippen molar-refractivity contribution in [3.63, 3.8) is 0 Å². The highest BCUT2D eigenvalue weighted by Gasteiger charge is 2.35. The Morgan fingerprint density at radius 3 is 2.42 bits per heavy atom. The normalized spacial score (nSPS) is 16.4. The number of para-hydroxylation sites is 3. The molecule has 1 aliphatic rings. The van der Waals surface area contributed by atoms with Crippen molar-refractivity contribution >= 4 is 28.6 Å². The van der Waals surface area contributed by atoms with E-state index in [0.717, 1.165) is 22.3 Å². The van der Waals surface area contributed by atoms with E-state index >= 15 is 0 Å². The molecular formula is C21H16N4O. The second-order valence-electron chi connectivity index (χ2n) is 6.26. The van der Waals surface area contributed by atoms with Crippen molar-refractivity contribution in [1.29, 1.82) is 0 Å². The molecular weight excluding hydrogens is 324 g/mol. The summed E-state index contributed by atoms with van der Waals surface area (Å²) in [5.74, 6) is 0.458. The second kappa shape index (κ2) is 5.74. The van der Waals surface area contributed by atoms with E-state index in [1.807, 2.05) is 78.9 Å². The highest BCUT2D eigenvalue weighted by molar-refractivity contribution is 6.11. The van der Waals surface area contributed by atoms with E-state index < -0.39 is 0 Å². The van der Waals surface area contributed by atoms with E-state index in [9.17, 15) is 4.79 Å². The lowest BCUT2D eigenvalue weighted by molar-refractivity contribution is 0.0973. The monoisotopic (exact) mass is 340 g/mol. The summed E-state index contributed by atoms with van der Waals surface area (Å²) in [6.45, 7) is 0. The molecule has 0 radical (unpaired) electrons. The number of carbonyl (C=O) groups excluding carboxylic acids is 1. The number of rotatable bonds is 2. The van der Waals surface area contributed by atoms with Gasteiger partial charge in [-0.15, -0.1) is 0 Å². The number of H-pyrrole nitrogens is 1. The van der Waals surface area contributed by atoms with Gasteiger partial charge in [0, 0.05) is 5.69 Å². The summed E-state index contributed by atoms with van der Waals surface area (Å²) in [6.07, 6.45) is -0.334. The van der Waals surface area contributed by atoms with E-state index in [1.54, 1.807) is 4.90 Å². The van der Waals surface area contributed by atoms with Crippen molar-refractivity contribution in [2.75, 3.05) is 10.2 Å². The minimum absolute atomic E-state index is 0.0766. The van der Waals surface area contributed by atoms with Gasteiger partial charge in [-0.2, -0.15) is 0 Å². The first kappa shape index (κ1) is 14.7. The number of aromatic nitrogens is 2. The van der Waals surface area contributed by atoms with Crippen LogP contribution in [0.3, 0.4) is 0 Å². The Balaban J connectivity index is 1.69. The minimum atomic E-state index is -0.334. The minimum Gasteiger partial charge on any atom is -0.360 e. The van der Waals surface area contributed by atoms with E-state index in [1.165, 1.54) is 0 Å². The molecule has 3 aromatic carbocycles. The van der Waals surface area contributed by atoms with Crippen LogP contribution in [-0.4, -0.2) is 15.9 Å². The van der Waals surface area contributed by atoms with Crippen LogP contribution in [0.25, 0.3) is 11.0 Å². The smallest absolute Gasteiger partial charge is 0.264 e. The van der Waals surface area contributed by atoms with Gasteiger partial charge in [0.15, 0.2) is 0 Å². The van der Waals surface area contributed by atoms with Crippen LogP contribution in [-0.2, 0) is 0 Å². The number of aromatic amines is 1. The van der Waals surface area contributed by atoms with Crippen LogP contribution in [0.2, 0.25) is 0 Å². The Morgan fingerprint density at radius 1 is 0.846 bits per heavy atom. The molecule has 1 amide bonds. The zero-order chi connectivity index (χ0) is 17.5. The van der Waals surface area contributed by atoms with Gasteiger partial charge in [0.25, 0.3) is 5.91 Å². The molecule has 1 aliphatic heterocycles. The van der Waals surface area contributed by atoms with Gasteiger partial charge in [-0.3, -0.25) is 9.69 Å². The molecule has 0 saturated heterocycles. The molecule has 26 heavy (non-hydrogen) atoms. The van der Waals surface area contributed by atoms with Crippen LogP contribution in [0.1, 0.15) is 22.1 Å². The first-order valence-corrected chi connectivity index (χ1v) is 8.50. The number of benzene rings is 3. The topological polar surface area (TPSA) is 61.0 Å². The summed E-state index contributed by atoms with van der Waals surface area (Å²) < 4.78 is 0. The molecule has 0 bridgehead atoms. The maximum Gasteiger partial charge on any atom is 0.264 e. The number of imidazole rings is 1. The Kier molecular flexibility index (Phi) is 3.25. The zero-order valence-electron chi connectivity index (χ0n) is 13.9. The lowest BCUT2D eigenvalue weighted by atomic mass is 10.0. The molecule has 0 saturated carbocycles. The van der Waals surface area contributed by atoms with Gasteiger partial charge in [0.05, 0.1) is 16.6 Å². The van der Waals surface area contributed by atoms with Gasteiger partial charge >= 0.3 is 0 Å². The Bertz CT molecular complexity index is 1070. The average Bonchev–Trinajstić information content (AvgIpc) is 3.12. The summed E-state index contributed by atoms with van der Waals surface area (Å²) >= 11 is 0. The average molecular weight is 340 g/mol. The van der Waals surface area contributed by atoms with E-state index in [-0.39, 0.29) is 12.1 Å². The highest BCUT2D eigenvalue weighted by Crippen LogP contribution is 2.35. The van der Waals surface area contributed by atoms with Crippen LogP contribution < -0.4 is 10.2 Å². The number of carbonyl (C=O) groups is 1. The first-order valence-electron chi connectivity index (χ1n) is 8.50. The van der Waals surface area contributed by atoms with Gasteiger partial charge in [0.2, 0.25) is 5.95 Å². The number of nitrogens with one attached hydrogen (secondary N) is 2. The number of hydrogen-bond acceptors (Lipinski definition) is 3. The fourth-order valence-corrected chi connectivity index (χ4v) is 3.39. The number of fused-ring (bicyclic) bond motifs is 2. The molecule has 2 heterocycles. The molecule has 1 atom stereocenters. The Hall–Kier alpha value is -3.60. The largest absolute Gasteiger partial charge is 0.360 e. The fourth-order valence-electron chi connectivity index (χ4n) is 3.39. The predicted octanol–water partition coefficient (Wildman–Crippen LogP) is 4.33. The molecule has 4 aromatic rings.